The van der Waals surface area contributed by atoms with E-state index in [2.05, 4.69) is 5.32 Å². The Morgan fingerprint density at radius 3 is 2.23 bits per heavy atom. The van der Waals surface area contributed by atoms with Gasteiger partial charge in [0.15, 0.2) is 0 Å². The van der Waals surface area contributed by atoms with Crippen LogP contribution >= 0.6 is 0 Å². The molecule has 0 saturated carbocycles. The Morgan fingerprint density at radius 1 is 0.885 bits per heavy atom. The van der Waals surface area contributed by atoms with Crippen molar-refractivity contribution in [2.75, 3.05) is 6.54 Å². The van der Waals surface area contributed by atoms with E-state index in [0.29, 0.717) is 29.5 Å². The smallest absolute Gasteiger partial charge is 0.274 e. The van der Waals surface area contributed by atoms with Gasteiger partial charge in [-0.1, -0.05) is 24.3 Å². The Kier molecular flexibility index (Phi) is 5.24. The summed E-state index contributed by atoms with van der Waals surface area (Å²) >= 11 is 0. The maximum absolute atomic E-state index is 13.1. The Bertz CT molecular complexity index is 972. The van der Waals surface area contributed by atoms with Gasteiger partial charge in [0, 0.05) is 17.7 Å². The minimum atomic E-state index is -0.614. The minimum Gasteiger partial charge on any atom is -0.352 e. The molecule has 3 aromatic rings. The molecule has 0 saturated heterocycles. The molecule has 0 fully saturated rings. The van der Waals surface area contributed by atoms with E-state index in [0.717, 1.165) is 10.9 Å². The highest BCUT2D eigenvalue weighted by atomic mass is 19.1. The van der Waals surface area contributed by atoms with Crippen LogP contribution in [0.1, 0.15) is 26.3 Å². The van der Waals surface area contributed by atoms with Gasteiger partial charge in [-0.05, 0) is 59.2 Å². The summed E-state index contributed by atoms with van der Waals surface area (Å²) in [5, 5.41) is 13.1. The van der Waals surface area contributed by atoms with Gasteiger partial charge in [-0.2, -0.15) is 0 Å². The summed E-state index contributed by atoms with van der Waals surface area (Å²) in [6.07, 6.45) is 0.526. The van der Waals surface area contributed by atoms with Crippen molar-refractivity contribution in [3.63, 3.8) is 0 Å². The number of amides is 2. The molecule has 3 aromatic carbocycles. The largest absolute Gasteiger partial charge is 0.352 e. The number of hydroxylamine groups is 1. The van der Waals surface area contributed by atoms with Gasteiger partial charge in [0.1, 0.15) is 5.82 Å². The number of rotatable bonds is 5. The highest BCUT2D eigenvalue weighted by molar-refractivity contribution is 6.01. The zero-order valence-electron chi connectivity index (χ0n) is 13.8. The molecule has 3 rings (SSSR count). The number of benzene rings is 3. The van der Waals surface area contributed by atoms with Crippen LogP contribution in [0.2, 0.25) is 0 Å². The van der Waals surface area contributed by atoms with Crippen molar-refractivity contribution in [3.05, 3.63) is 83.2 Å². The summed E-state index contributed by atoms with van der Waals surface area (Å²) in [5.74, 6) is -1.16. The number of hydrogen-bond acceptors (Lipinski definition) is 3. The summed E-state index contributed by atoms with van der Waals surface area (Å²) in [7, 11) is 0. The zero-order chi connectivity index (χ0) is 18.5. The van der Waals surface area contributed by atoms with Gasteiger partial charge < -0.3 is 5.32 Å². The molecule has 26 heavy (non-hydrogen) atoms. The Labute approximate surface area is 149 Å². The lowest BCUT2D eigenvalue weighted by Crippen LogP contribution is -2.25. The lowest BCUT2D eigenvalue weighted by molar-refractivity contribution is 0.0706. The van der Waals surface area contributed by atoms with E-state index >= 15 is 0 Å². The third-order valence-corrected chi connectivity index (χ3v) is 4.05. The van der Waals surface area contributed by atoms with E-state index in [1.807, 2.05) is 0 Å². The van der Waals surface area contributed by atoms with Gasteiger partial charge in [-0.15, -0.1) is 0 Å². The normalized spacial score (nSPS) is 10.5. The number of carbonyl (C=O) groups is 2. The summed E-state index contributed by atoms with van der Waals surface area (Å²) in [6.45, 7) is 0.382. The molecule has 0 radical (unpaired) electrons. The number of carbonyl (C=O) groups excluding carboxylic acids is 2. The molecule has 0 unspecified atom stereocenters. The van der Waals surface area contributed by atoms with Crippen molar-refractivity contribution in [2.45, 2.75) is 6.42 Å². The van der Waals surface area contributed by atoms with E-state index in [4.69, 9.17) is 5.21 Å². The molecule has 3 N–H and O–H groups in total. The third-order valence-electron chi connectivity index (χ3n) is 4.05. The monoisotopic (exact) mass is 352 g/mol. The summed E-state index contributed by atoms with van der Waals surface area (Å²) < 4.78 is 13.1. The van der Waals surface area contributed by atoms with Crippen LogP contribution in [-0.4, -0.2) is 23.6 Å². The molecule has 132 valence electrons. The van der Waals surface area contributed by atoms with Crippen LogP contribution < -0.4 is 10.8 Å². The van der Waals surface area contributed by atoms with E-state index in [-0.39, 0.29) is 11.7 Å². The fourth-order valence-electron chi connectivity index (χ4n) is 2.71. The van der Waals surface area contributed by atoms with Crippen LogP contribution in [0.3, 0.4) is 0 Å². The van der Waals surface area contributed by atoms with Gasteiger partial charge in [-0.3, -0.25) is 14.8 Å². The van der Waals surface area contributed by atoms with Crippen LogP contribution in [0.15, 0.2) is 60.7 Å². The summed E-state index contributed by atoms with van der Waals surface area (Å²) in [4.78, 5) is 23.8. The Hall–Kier alpha value is -3.25. The molecule has 0 bridgehead atoms. The predicted molar refractivity (Wildman–Crippen MR) is 95.6 cm³/mol. The summed E-state index contributed by atoms with van der Waals surface area (Å²) in [6, 6.07) is 16.4. The quantitative estimate of drug-likeness (QED) is 0.488. The van der Waals surface area contributed by atoms with Gasteiger partial charge in [0.2, 0.25) is 0 Å². The van der Waals surface area contributed by atoms with Crippen molar-refractivity contribution >= 4 is 22.6 Å². The second kappa shape index (κ2) is 7.76. The highest BCUT2D eigenvalue weighted by Gasteiger charge is 2.09. The first-order valence-corrected chi connectivity index (χ1v) is 8.08. The Balaban J connectivity index is 1.70. The van der Waals surface area contributed by atoms with Crippen LogP contribution in [-0.2, 0) is 6.42 Å². The van der Waals surface area contributed by atoms with E-state index in [1.54, 1.807) is 54.0 Å². The second-order valence-corrected chi connectivity index (χ2v) is 5.85. The maximum Gasteiger partial charge on any atom is 0.274 e. The van der Waals surface area contributed by atoms with Crippen molar-refractivity contribution in [3.8, 4) is 0 Å². The average molecular weight is 352 g/mol. The standard InChI is InChI=1S/C20H17FN2O3/c21-18-3-1-2-13(10-18)8-9-22-19(24)15-6-4-14-5-7-16(20(25)23-26)12-17(14)11-15/h1-7,10-12,26H,8-9H2,(H,22,24)(H,23,25). The predicted octanol–water partition coefficient (Wildman–Crippen LogP) is 3.07. The molecule has 0 spiro atoms. The molecule has 6 heteroatoms. The fraction of sp³-hybridized carbons (Fsp3) is 0.100. The molecular weight excluding hydrogens is 335 g/mol. The van der Waals surface area contributed by atoms with Crippen LogP contribution in [0.4, 0.5) is 4.39 Å². The van der Waals surface area contributed by atoms with Crippen LogP contribution in [0.25, 0.3) is 10.8 Å². The van der Waals surface area contributed by atoms with Gasteiger partial charge in [0.05, 0.1) is 0 Å². The molecule has 0 aliphatic carbocycles. The third kappa shape index (κ3) is 4.04. The van der Waals surface area contributed by atoms with Crippen molar-refractivity contribution in [2.24, 2.45) is 0 Å². The number of fused-ring (bicyclic) bond motifs is 1. The molecule has 5 nitrogen and oxygen atoms in total. The molecule has 0 atom stereocenters. The van der Waals surface area contributed by atoms with Crippen molar-refractivity contribution < 1.29 is 19.2 Å². The molecule has 0 aromatic heterocycles. The second-order valence-electron chi connectivity index (χ2n) is 5.85. The molecule has 0 aliphatic heterocycles. The minimum absolute atomic E-state index is 0.250. The first-order valence-electron chi connectivity index (χ1n) is 8.08. The maximum atomic E-state index is 13.1. The van der Waals surface area contributed by atoms with E-state index in [1.165, 1.54) is 12.1 Å². The van der Waals surface area contributed by atoms with Gasteiger partial charge >= 0.3 is 0 Å². The number of halogens is 1. The molecular formula is C20H17FN2O3. The number of nitrogens with one attached hydrogen (secondary N) is 2. The first kappa shape index (κ1) is 17.6. The molecule has 0 heterocycles. The van der Waals surface area contributed by atoms with Crippen LogP contribution in [0, 0.1) is 5.82 Å². The van der Waals surface area contributed by atoms with Gasteiger partial charge in [0.25, 0.3) is 11.8 Å². The van der Waals surface area contributed by atoms with E-state index in [9.17, 15) is 14.0 Å². The zero-order valence-corrected chi connectivity index (χ0v) is 13.8. The highest BCUT2D eigenvalue weighted by Crippen LogP contribution is 2.18. The SMILES string of the molecule is O=C(NO)c1ccc2ccc(C(=O)NCCc3cccc(F)c3)cc2c1. The van der Waals surface area contributed by atoms with Crippen LogP contribution in [0.5, 0.6) is 0 Å². The first-order chi connectivity index (χ1) is 12.6. The lowest BCUT2D eigenvalue weighted by Gasteiger charge is -2.08. The van der Waals surface area contributed by atoms with Crippen molar-refractivity contribution in [1.29, 1.82) is 0 Å². The van der Waals surface area contributed by atoms with Gasteiger partial charge in [-0.25, -0.2) is 9.87 Å². The lowest BCUT2D eigenvalue weighted by atomic mass is 10.0. The van der Waals surface area contributed by atoms with Crippen molar-refractivity contribution in [1.82, 2.24) is 10.8 Å². The molecule has 0 aliphatic rings. The number of hydrogen-bond donors (Lipinski definition) is 3. The molecule has 2 amide bonds. The Morgan fingerprint density at radius 2 is 1.58 bits per heavy atom. The summed E-state index contributed by atoms with van der Waals surface area (Å²) in [5.41, 5.74) is 3.15. The average Bonchev–Trinajstić information content (AvgIpc) is 2.66. The van der Waals surface area contributed by atoms with E-state index < -0.39 is 5.91 Å². The fourth-order valence-corrected chi connectivity index (χ4v) is 2.71. The topological polar surface area (TPSA) is 78.4 Å².